The summed E-state index contributed by atoms with van der Waals surface area (Å²) in [5, 5.41) is 0. The molecular formula is C18H19NO2S. The molecule has 114 valence electrons. The molecule has 0 radical (unpaired) electrons. The molecule has 2 N–H and O–H groups in total. The maximum Gasteiger partial charge on any atom is 0.330 e. The summed E-state index contributed by atoms with van der Waals surface area (Å²) >= 11 is 1.74. The van der Waals surface area contributed by atoms with Gasteiger partial charge in [0.1, 0.15) is 0 Å². The Morgan fingerprint density at radius 2 is 2.00 bits per heavy atom. The second kappa shape index (κ2) is 8.29. The van der Waals surface area contributed by atoms with Crippen molar-refractivity contribution < 1.29 is 9.53 Å². The van der Waals surface area contributed by atoms with E-state index in [-0.39, 0.29) is 5.97 Å². The number of esters is 1. The Morgan fingerprint density at radius 3 is 2.73 bits per heavy atom. The molecule has 0 aliphatic heterocycles. The number of benzene rings is 2. The van der Waals surface area contributed by atoms with Crippen LogP contribution in [0.1, 0.15) is 18.1 Å². The van der Waals surface area contributed by atoms with Gasteiger partial charge in [-0.1, -0.05) is 30.3 Å². The summed E-state index contributed by atoms with van der Waals surface area (Å²) < 4.78 is 4.87. The Morgan fingerprint density at radius 1 is 1.23 bits per heavy atom. The molecule has 0 aromatic heterocycles. The van der Waals surface area contributed by atoms with E-state index in [4.69, 9.17) is 10.5 Å². The molecule has 0 spiro atoms. The maximum absolute atomic E-state index is 11.4. The Balaban J connectivity index is 2.04. The van der Waals surface area contributed by atoms with Crippen molar-refractivity contribution in [1.29, 1.82) is 0 Å². The summed E-state index contributed by atoms with van der Waals surface area (Å²) in [5.74, 6) is 0.537. The second-order valence-corrected chi connectivity index (χ2v) is 5.70. The molecule has 3 nitrogen and oxygen atoms in total. The summed E-state index contributed by atoms with van der Waals surface area (Å²) in [7, 11) is 0. The molecule has 0 aliphatic carbocycles. The lowest BCUT2D eigenvalue weighted by Gasteiger charge is -2.06. The van der Waals surface area contributed by atoms with Gasteiger partial charge in [0.2, 0.25) is 0 Å². The molecule has 2 aromatic carbocycles. The van der Waals surface area contributed by atoms with Crippen molar-refractivity contribution in [2.45, 2.75) is 17.6 Å². The van der Waals surface area contributed by atoms with Gasteiger partial charge in [-0.25, -0.2) is 4.79 Å². The zero-order valence-corrected chi connectivity index (χ0v) is 13.3. The van der Waals surface area contributed by atoms with E-state index in [2.05, 4.69) is 12.1 Å². The van der Waals surface area contributed by atoms with Crippen molar-refractivity contribution in [3.63, 3.8) is 0 Å². The molecule has 0 atom stereocenters. The maximum atomic E-state index is 11.4. The van der Waals surface area contributed by atoms with Gasteiger partial charge in [-0.2, -0.15) is 0 Å². The quantitative estimate of drug-likeness (QED) is 0.377. The Bertz CT molecular complexity index is 653. The fourth-order valence-electron chi connectivity index (χ4n) is 1.88. The average molecular weight is 313 g/mol. The SMILES string of the molecule is CCOC(=O)/C=C/c1cc(SCc2ccccc2)ccc1N. The molecule has 0 saturated heterocycles. The number of carbonyl (C=O) groups is 1. The zero-order valence-electron chi connectivity index (χ0n) is 12.5. The van der Waals surface area contributed by atoms with Crippen LogP contribution in [0.3, 0.4) is 0 Å². The highest BCUT2D eigenvalue weighted by molar-refractivity contribution is 7.98. The lowest BCUT2D eigenvalue weighted by Crippen LogP contribution is -1.99. The molecular weight excluding hydrogens is 294 g/mol. The van der Waals surface area contributed by atoms with Gasteiger partial charge < -0.3 is 10.5 Å². The van der Waals surface area contributed by atoms with Crippen molar-refractivity contribution >= 4 is 29.5 Å². The predicted molar refractivity (Wildman–Crippen MR) is 92.5 cm³/mol. The summed E-state index contributed by atoms with van der Waals surface area (Å²) in [6, 6.07) is 16.1. The standard InChI is InChI=1S/C18H19NO2S/c1-2-21-18(20)11-8-15-12-16(9-10-17(15)19)22-13-14-6-4-3-5-7-14/h3-12H,2,13,19H2,1H3/b11-8+. The highest BCUT2D eigenvalue weighted by Crippen LogP contribution is 2.26. The third-order valence-electron chi connectivity index (χ3n) is 2.99. The van der Waals surface area contributed by atoms with Gasteiger partial charge in [0.15, 0.2) is 0 Å². The number of hydrogen-bond acceptors (Lipinski definition) is 4. The fraction of sp³-hybridized carbons (Fsp3) is 0.167. The van der Waals surface area contributed by atoms with Crippen LogP contribution in [0.2, 0.25) is 0 Å². The lowest BCUT2D eigenvalue weighted by molar-refractivity contribution is -0.137. The first-order valence-corrected chi connectivity index (χ1v) is 8.08. The van der Waals surface area contributed by atoms with Gasteiger partial charge in [-0.05, 0) is 42.3 Å². The number of carbonyl (C=O) groups excluding carboxylic acids is 1. The number of ether oxygens (including phenoxy) is 1. The van der Waals surface area contributed by atoms with Gasteiger partial charge in [-0.3, -0.25) is 0 Å². The molecule has 0 bridgehead atoms. The number of hydrogen-bond donors (Lipinski definition) is 1. The molecule has 0 unspecified atom stereocenters. The van der Waals surface area contributed by atoms with Gasteiger partial charge >= 0.3 is 5.97 Å². The molecule has 4 heteroatoms. The van der Waals surface area contributed by atoms with Crippen molar-refractivity contribution in [3.05, 3.63) is 65.7 Å². The monoisotopic (exact) mass is 313 g/mol. The van der Waals surface area contributed by atoms with Gasteiger partial charge in [0.05, 0.1) is 6.61 Å². The summed E-state index contributed by atoms with van der Waals surface area (Å²) in [4.78, 5) is 12.5. The molecule has 2 aromatic rings. The number of nitrogen functional groups attached to an aromatic ring is 1. The summed E-state index contributed by atoms with van der Waals surface area (Å²) in [6.07, 6.45) is 3.10. The molecule has 22 heavy (non-hydrogen) atoms. The van der Waals surface area contributed by atoms with Gasteiger partial charge in [0.25, 0.3) is 0 Å². The first-order valence-electron chi connectivity index (χ1n) is 7.10. The van der Waals surface area contributed by atoms with E-state index in [0.29, 0.717) is 12.3 Å². The Kier molecular flexibility index (Phi) is 6.10. The second-order valence-electron chi connectivity index (χ2n) is 4.65. The van der Waals surface area contributed by atoms with E-state index in [1.54, 1.807) is 24.8 Å². The van der Waals surface area contributed by atoms with Crippen molar-refractivity contribution in [2.24, 2.45) is 0 Å². The van der Waals surface area contributed by atoms with Crippen LogP contribution in [-0.2, 0) is 15.3 Å². The van der Waals surface area contributed by atoms with E-state index in [0.717, 1.165) is 16.2 Å². The predicted octanol–water partition coefficient (Wildman–Crippen LogP) is 4.14. The van der Waals surface area contributed by atoms with E-state index in [1.165, 1.54) is 11.6 Å². The van der Waals surface area contributed by atoms with Crippen molar-refractivity contribution in [3.8, 4) is 0 Å². The first kappa shape index (κ1) is 16.2. The van der Waals surface area contributed by atoms with E-state index in [9.17, 15) is 4.79 Å². The Labute approximate surface area is 135 Å². The first-order chi connectivity index (χ1) is 10.7. The minimum Gasteiger partial charge on any atom is -0.463 e. The molecule has 0 fully saturated rings. The molecule has 0 saturated carbocycles. The minimum atomic E-state index is -0.357. The van der Waals surface area contributed by atoms with Crippen LogP contribution in [-0.4, -0.2) is 12.6 Å². The van der Waals surface area contributed by atoms with Crippen molar-refractivity contribution in [1.82, 2.24) is 0 Å². The number of rotatable bonds is 6. The summed E-state index contributed by atoms with van der Waals surface area (Å²) in [6.45, 7) is 2.15. The van der Waals surface area contributed by atoms with Crippen LogP contribution < -0.4 is 5.73 Å². The van der Waals surface area contributed by atoms with Crippen LogP contribution in [0.4, 0.5) is 5.69 Å². The van der Waals surface area contributed by atoms with E-state index in [1.807, 2.05) is 36.4 Å². The minimum absolute atomic E-state index is 0.357. The van der Waals surface area contributed by atoms with Crippen LogP contribution in [0.5, 0.6) is 0 Å². The zero-order chi connectivity index (χ0) is 15.8. The number of nitrogens with two attached hydrogens (primary N) is 1. The third-order valence-corrected chi connectivity index (χ3v) is 4.06. The van der Waals surface area contributed by atoms with E-state index >= 15 is 0 Å². The van der Waals surface area contributed by atoms with Crippen LogP contribution in [0.15, 0.2) is 59.5 Å². The fourth-order valence-corrected chi connectivity index (χ4v) is 2.78. The van der Waals surface area contributed by atoms with Crippen LogP contribution in [0, 0.1) is 0 Å². The average Bonchev–Trinajstić information content (AvgIpc) is 2.54. The molecule has 2 rings (SSSR count). The number of anilines is 1. The van der Waals surface area contributed by atoms with E-state index < -0.39 is 0 Å². The highest BCUT2D eigenvalue weighted by Gasteiger charge is 2.02. The molecule has 0 aliphatic rings. The Hall–Kier alpha value is -2.20. The number of thioether (sulfide) groups is 1. The summed E-state index contributed by atoms with van der Waals surface area (Å²) in [5.41, 5.74) is 8.68. The van der Waals surface area contributed by atoms with Gasteiger partial charge in [0, 0.05) is 22.4 Å². The lowest BCUT2D eigenvalue weighted by atomic mass is 10.1. The van der Waals surface area contributed by atoms with Gasteiger partial charge in [-0.15, -0.1) is 11.8 Å². The van der Waals surface area contributed by atoms with Crippen LogP contribution >= 0.6 is 11.8 Å². The normalized spacial score (nSPS) is 10.8. The smallest absolute Gasteiger partial charge is 0.330 e. The molecule has 0 amide bonds. The largest absolute Gasteiger partial charge is 0.463 e. The highest BCUT2D eigenvalue weighted by atomic mass is 32.2. The van der Waals surface area contributed by atoms with Crippen LogP contribution in [0.25, 0.3) is 6.08 Å². The third kappa shape index (κ3) is 4.97. The molecule has 0 heterocycles. The van der Waals surface area contributed by atoms with Crippen molar-refractivity contribution in [2.75, 3.05) is 12.3 Å². The topological polar surface area (TPSA) is 52.3 Å².